The third-order valence-electron chi connectivity index (χ3n) is 2.79. The van der Waals surface area contributed by atoms with Crippen molar-refractivity contribution in [3.05, 3.63) is 29.8 Å². The topological polar surface area (TPSA) is 54.5 Å². The normalized spacial score (nSPS) is 20.2. The highest BCUT2D eigenvalue weighted by molar-refractivity contribution is 7.90. The van der Waals surface area contributed by atoms with Crippen molar-refractivity contribution in [2.45, 2.75) is 15.6 Å². The molecule has 0 fully saturated rings. The van der Waals surface area contributed by atoms with Crippen LogP contribution in [0.3, 0.4) is 0 Å². The van der Waals surface area contributed by atoms with Crippen molar-refractivity contribution < 1.29 is 13.2 Å². The zero-order chi connectivity index (χ0) is 14.2. The smallest absolute Gasteiger partial charge is 0.268 e. The van der Waals surface area contributed by atoms with E-state index in [0.717, 1.165) is 4.31 Å². The molecule has 0 aromatic heterocycles. The lowest BCUT2D eigenvalue weighted by atomic mass is 10.2. The highest BCUT2D eigenvalue weighted by atomic mass is 35.5. The van der Waals surface area contributed by atoms with Crippen LogP contribution in [0.5, 0.6) is 0 Å². The summed E-state index contributed by atoms with van der Waals surface area (Å²) in [6.45, 7) is -0.196. The van der Waals surface area contributed by atoms with Gasteiger partial charge in [-0.2, -0.15) is 0 Å². The van der Waals surface area contributed by atoms with E-state index in [1.165, 1.54) is 12.1 Å². The van der Waals surface area contributed by atoms with Crippen molar-refractivity contribution in [2.24, 2.45) is 0 Å². The predicted octanol–water partition coefficient (Wildman–Crippen LogP) is 2.28. The van der Waals surface area contributed by atoms with E-state index >= 15 is 0 Å². The van der Waals surface area contributed by atoms with Crippen LogP contribution in [-0.4, -0.2) is 41.8 Å². The average molecular weight is 343 g/mol. The first kappa shape index (κ1) is 14.9. The van der Waals surface area contributed by atoms with E-state index in [0.29, 0.717) is 0 Å². The first-order valence-electron chi connectivity index (χ1n) is 5.39. The highest BCUT2D eigenvalue weighted by Gasteiger charge is 2.42. The van der Waals surface area contributed by atoms with Crippen molar-refractivity contribution in [3.63, 3.8) is 0 Å². The van der Waals surface area contributed by atoms with Crippen molar-refractivity contribution in [1.82, 2.24) is 4.31 Å². The van der Waals surface area contributed by atoms with Gasteiger partial charge in [0.2, 0.25) is 0 Å². The Morgan fingerprint density at radius 3 is 2.37 bits per heavy atom. The van der Waals surface area contributed by atoms with E-state index in [4.69, 9.17) is 34.8 Å². The Bertz CT molecular complexity index is 605. The number of halogens is 3. The van der Waals surface area contributed by atoms with Gasteiger partial charge in [-0.15, -0.1) is 34.8 Å². The summed E-state index contributed by atoms with van der Waals surface area (Å²) in [7, 11) is -3.83. The molecule has 1 heterocycles. The number of fused-ring (bicyclic) bond motifs is 1. The molecule has 2 atom stereocenters. The van der Waals surface area contributed by atoms with Crippen LogP contribution < -0.4 is 0 Å². The fourth-order valence-corrected chi connectivity index (χ4v) is 4.07. The van der Waals surface area contributed by atoms with Crippen molar-refractivity contribution in [2.75, 3.05) is 12.4 Å². The van der Waals surface area contributed by atoms with Gasteiger partial charge in [0.1, 0.15) is 4.90 Å². The van der Waals surface area contributed by atoms with Crippen LogP contribution in [-0.2, 0) is 10.0 Å². The summed E-state index contributed by atoms with van der Waals surface area (Å²) < 4.78 is 25.2. The molecule has 1 aliphatic rings. The predicted molar refractivity (Wildman–Crippen MR) is 74.7 cm³/mol. The van der Waals surface area contributed by atoms with Gasteiger partial charge >= 0.3 is 0 Å². The molecule has 0 spiro atoms. The van der Waals surface area contributed by atoms with Crippen LogP contribution in [0.15, 0.2) is 29.2 Å². The van der Waals surface area contributed by atoms with Crippen molar-refractivity contribution in [3.8, 4) is 0 Å². The lowest BCUT2D eigenvalue weighted by Crippen LogP contribution is -2.38. The Morgan fingerprint density at radius 1 is 1.16 bits per heavy atom. The SMILES string of the molecule is O=C1c2ccccc2S(=O)(=O)N1CC(Cl)C(Cl)CCl. The molecular formula is C11H10Cl3NO3S. The molecule has 0 bridgehead atoms. The Morgan fingerprint density at radius 2 is 1.79 bits per heavy atom. The lowest BCUT2D eigenvalue weighted by Gasteiger charge is -2.20. The Kier molecular flexibility index (Phi) is 4.30. The first-order chi connectivity index (χ1) is 8.89. The molecule has 2 unspecified atom stereocenters. The summed E-state index contributed by atoms with van der Waals surface area (Å²) in [4.78, 5) is 12.1. The second-order valence-corrected chi connectivity index (χ2v) is 7.28. The number of sulfonamides is 1. The minimum atomic E-state index is -3.83. The molecule has 0 saturated heterocycles. The van der Waals surface area contributed by atoms with E-state index < -0.39 is 26.7 Å². The number of benzene rings is 1. The summed E-state index contributed by atoms with van der Waals surface area (Å²) in [5.74, 6) is -0.509. The number of rotatable bonds is 4. The number of nitrogens with zero attached hydrogens (tertiary/aromatic N) is 1. The maximum atomic E-state index is 12.2. The molecule has 19 heavy (non-hydrogen) atoms. The Balaban J connectivity index is 2.33. The van der Waals surface area contributed by atoms with Gasteiger partial charge in [-0.1, -0.05) is 12.1 Å². The summed E-state index contributed by atoms with van der Waals surface area (Å²) in [5.41, 5.74) is 0.156. The zero-order valence-electron chi connectivity index (χ0n) is 9.59. The summed E-state index contributed by atoms with van der Waals surface area (Å²) in [5, 5.41) is -1.36. The molecule has 8 heteroatoms. The quantitative estimate of drug-likeness (QED) is 0.789. The monoisotopic (exact) mass is 341 g/mol. The van der Waals surface area contributed by atoms with Gasteiger partial charge in [-0.3, -0.25) is 4.79 Å². The molecule has 0 radical (unpaired) electrons. The minimum absolute atomic E-state index is 0.000799. The molecule has 4 nitrogen and oxygen atoms in total. The Labute approximate surface area is 126 Å². The van der Waals surface area contributed by atoms with Gasteiger partial charge in [-0.25, -0.2) is 12.7 Å². The average Bonchev–Trinajstić information content (AvgIpc) is 2.59. The van der Waals surface area contributed by atoms with E-state index in [9.17, 15) is 13.2 Å². The van der Waals surface area contributed by atoms with E-state index in [1.807, 2.05) is 0 Å². The number of alkyl halides is 3. The first-order valence-corrected chi connectivity index (χ1v) is 8.24. The maximum absolute atomic E-state index is 12.2. The van der Waals surface area contributed by atoms with Crippen molar-refractivity contribution in [1.29, 1.82) is 0 Å². The number of carbonyl (C=O) groups is 1. The number of carbonyl (C=O) groups excluding carboxylic acids is 1. The molecule has 104 valence electrons. The Hall–Kier alpha value is -0.490. The molecule has 0 saturated carbocycles. The van der Waals surface area contributed by atoms with Gasteiger partial charge in [-0.05, 0) is 12.1 Å². The van der Waals surface area contributed by atoms with Gasteiger partial charge < -0.3 is 0 Å². The van der Waals surface area contributed by atoms with Crippen LogP contribution in [0.4, 0.5) is 0 Å². The standard InChI is InChI=1S/C11H10Cl3NO3S/c12-5-8(13)9(14)6-15-11(16)7-3-1-2-4-10(7)19(15,17)18/h1-4,8-9H,5-6H2. The molecule has 1 aromatic carbocycles. The largest absolute Gasteiger partial charge is 0.269 e. The molecule has 1 amide bonds. The fraction of sp³-hybridized carbons (Fsp3) is 0.364. The maximum Gasteiger partial charge on any atom is 0.269 e. The summed E-state index contributed by atoms with van der Waals surface area (Å²) >= 11 is 17.4. The van der Waals surface area contributed by atoms with Crippen LogP contribution in [0.25, 0.3) is 0 Å². The number of hydrogen-bond donors (Lipinski definition) is 0. The molecule has 1 aromatic rings. The van der Waals surface area contributed by atoms with Crippen molar-refractivity contribution >= 4 is 50.7 Å². The number of amides is 1. The molecule has 0 N–H and O–H groups in total. The van der Waals surface area contributed by atoms with E-state index in [1.54, 1.807) is 12.1 Å². The van der Waals surface area contributed by atoms with Crippen LogP contribution in [0.1, 0.15) is 10.4 Å². The molecular weight excluding hydrogens is 333 g/mol. The molecule has 1 aliphatic heterocycles. The molecule has 0 aliphatic carbocycles. The second-order valence-electron chi connectivity index (χ2n) is 4.02. The van der Waals surface area contributed by atoms with Crippen LogP contribution in [0.2, 0.25) is 0 Å². The van der Waals surface area contributed by atoms with Gasteiger partial charge in [0.05, 0.1) is 22.9 Å². The van der Waals surface area contributed by atoms with E-state index in [-0.39, 0.29) is 22.9 Å². The second kappa shape index (κ2) is 5.48. The van der Waals surface area contributed by atoms with Gasteiger partial charge in [0.25, 0.3) is 15.9 Å². The summed E-state index contributed by atoms with van der Waals surface area (Å²) in [6, 6.07) is 6.04. The zero-order valence-corrected chi connectivity index (χ0v) is 12.7. The fourth-order valence-electron chi connectivity index (χ4n) is 1.78. The lowest BCUT2D eigenvalue weighted by molar-refractivity contribution is 0.0871. The van der Waals surface area contributed by atoms with Gasteiger partial charge in [0.15, 0.2) is 0 Å². The van der Waals surface area contributed by atoms with E-state index in [2.05, 4.69) is 0 Å². The number of hydrogen-bond acceptors (Lipinski definition) is 3. The highest BCUT2D eigenvalue weighted by Crippen LogP contribution is 2.31. The third-order valence-corrected chi connectivity index (χ3v) is 6.12. The van der Waals surface area contributed by atoms with Crippen LogP contribution in [0, 0.1) is 0 Å². The third kappa shape index (κ3) is 2.57. The minimum Gasteiger partial charge on any atom is -0.268 e. The van der Waals surface area contributed by atoms with Gasteiger partial charge in [0, 0.05) is 5.88 Å². The molecule has 2 rings (SSSR count). The van der Waals surface area contributed by atoms with Crippen LogP contribution >= 0.6 is 34.8 Å². The summed E-state index contributed by atoms with van der Waals surface area (Å²) in [6.07, 6.45) is 0.